The SMILES string of the molecule is CCCn1c(CCCOCC)n[nH]c1=S. The van der Waals surface area contributed by atoms with E-state index in [9.17, 15) is 0 Å². The van der Waals surface area contributed by atoms with Crippen molar-refractivity contribution in [1.29, 1.82) is 0 Å². The first-order valence-corrected chi connectivity index (χ1v) is 5.92. The Hall–Kier alpha value is -0.680. The van der Waals surface area contributed by atoms with Gasteiger partial charge < -0.3 is 9.30 Å². The molecule has 0 saturated heterocycles. The maximum atomic E-state index is 5.29. The summed E-state index contributed by atoms with van der Waals surface area (Å²) in [6.45, 7) is 6.66. The molecule has 0 aliphatic heterocycles. The minimum Gasteiger partial charge on any atom is -0.382 e. The van der Waals surface area contributed by atoms with Gasteiger partial charge in [0.05, 0.1) is 0 Å². The molecule has 1 rings (SSSR count). The highest BCUT2D eigenvalue weighted by Crippen LogP contribution is 2.03. The number of rotatable bonds is 7. The van der Waals surface area contributed by atoms with Crippen LogP contribution in [0.2, 0.25) is 0 Å². The maximum Gasteiger partial charge on any atom is 0.195 e. The number of aromatic nitrogens is 3. The van der Waals surface area contributed by atoms with E-state index in [1.807, 2.05) is 6.92 Å². The van der Waals surface area contributed by atoms with Gasteiger partial charge in [0.25, 0.3) is 0 Å². The monoisotopic (exact) mass is 229 g/mol. The number of H-pyrrole nitrogens is 1. The zero-order valence-corrected chi connectivity index (χ0v) is 10.3. The lowest BCUT2D eigenvalue weighted by Crippen LogP contribution is -2.05. The highest BCUT2D eigenvalue weighted by atomic mass is 32.1. The molecular weight excluding hydrogens is 210 g/mol. The summed E-state index contributed by atoms with van der Waals surface area (Å²) < 4.78 is 8.08. The Morgan fingerprint density at radius 1 is 1.47 bits per heavy atom. The van der Waals surface area contributed by atoms with Crippen LogP contribution in [0.4, 0.5) is 0 Å². The molecule has 0 bridgehead atoms. The number of ether oxygens (including phenoxy) is 1. The predicted octanol–water partition coefficient (Wildman–Crippen LogP) is 2.32. The third-order valence-corrected chi connectivity index (χ3v) is 2.49. The van der Waals surface area contributed by atoms with Gasteiger partial charge in [-0.1, -0.05) is 6.92 Å². The summed E-state index contributed by atoms with van der Waals surface area (Å²) in [5.74, 6) is 1.04. The lowest BCUT2D eigenvalue weighted by molar-refractivity contribution is 0.144. The van der Waals surface area contributed by atoms with E-state index in [1.165, 1.54) is 0 Å². The van der Waals surface area contributed by atoms with E-state index in [4.69, 9.17) is 17.0 Å². The third-order valence-electron chi connectivity index (χ3n) is 2.18. The highest BCUT2D eigenvalue weighted by molar-refractivity contribution is 7.71. The summed E-state index contributed by atoms with van der Waals surface area (Å²) >= 11 is 5.15. The van der Waals surface area contributed by atoms with Crippen LogP contribution in [-0.4, -0.2) is 28.0 Å². The molecule has 86 valence electrons. The van der Waals surface area contributed by atoms with Crippen LogP contribution in [0.3, 0.4) is 0 Å². The van der Waals surface area contributed by atoms with E-state index >= 15 is 0 Å². The minimum absolute atomic E-state index is 0.725. The van der Waals surface area contributed by atoms with Crippen molar-refractivity contribution in [1.82, 2.24) is 14.8 Å². The van der Waals surface area contributed by atoms with Crippen LogP contribution in [0, 0.1) is 4.77 Å². The van der Waals surface area contributed by atoms with Crippen molar-refractivity contribution in [3.63, 3.8) is 0 Å². The zero-order chi connectivity index (χ0) is 11.1. The number of hydrogen-bond acceptors (Lipinski definition) is 3. The first-order chi connectivity index (χ1) is 7.29. The van der Waals surface area contributed by atoms with Crippen molar-refractivity contribution in [2.45, 2.75) is 39.7 Å². The lowest BCUT2D eigenvalue weighted by Gasteiger charge is -2.04. The van der Waals surface area contributed by atoms with E-state index in [0.717, 1.165) is 49.6 Å². The normalized spacial score (nSPS) is 10.8. The van der Waals surface area contributed by atoms with Gasteiger partial charge in [-0.3, -0.25) is 5.10 Å². The molecule has 0 unspecified atom stereocenters. The summed E-state index contributed by atoms with van der Waals surface area (Å²) in [5.41, 5.74) is 0. The molecule has 1 aromatic rings. The summed E-state index contributed by atoms with van der Waals surface area (Å²) in [4.78, 5) is 0. The van der Waals surface area contributed by atoms with E-state index in [0.29, 0.717) is 0 Å². The smallest absolute Gasteiger partial charge is 0.195 e. The molecule has 0 spiro atoms. The predicted molar refractivity (Wildman–Crippen MR) is 62.5 cm³/mol. The molecule has 0 aromatic carbocycles. The van der Waals surface area contributed by atoms with E-state index in [-0.39, 0.29) is 0 Å². The average Bonchev–Trinajstić information content (AvgIpc) is 2.57. The van der Waals surface area contributed by atoms with Crippen molar-refractivity contribution >= 4 is 12.2 Å². The molecule has 0 aliphatic rings. The molecular formula is C10H19N3OS. The van der Waals surface area contributed by atoms with Gasteiger partial charge in [-0.05, 0) is 32.0 Å². The first kappa shape index (κ1) is 12.4. The number of nitrogens with one attached hydrogen (secondary N) is 1. The standard InChI is InChI=1S/C10H19N3OS/c1-3-7-13-9(11-12-10(13)15)6-5-8-14-4-2/h3-8H2,1-2H3,(H,12,15). The van der Waals surface area contributed by atoms with Gasteiger partial charge in [-0.2, -0.15) is 5.10 Å². The number of aromatic amines is 1. The van der Waals surface area contributed by atoms with Crippen LogP contribution in [0.25, 0.3) is 0 Å². The average molecular weight is 229 g/mol. The molecule has 0 radical (unpaired) electrons. The fourth-order valence-electron chi connectivity index (χ4n) is 1.47. The highest BCUT2D eigenvalue weighted by Gasteiger charge is 2.04. The maximum absolute atomic E-state index is 5.29. The Kier molecular flexibility index (Phi) is 5.57. The van der Waals surface area contributed by atoms with Crippen molar-refractivity contribution < 1.29 is 4.74 Å². The van der Waals surface area contributed by atoms with Crippen molar-refractivity contribution in [2.24, 2.45) is 0 Å². The zero-order valence-electron chi connectivity index (χ0n) is 9.45. The second-order valence-electron chi connectivity index (χ2n) is 3.40. The second kappa shape index (κ2) is 6.74. The van der Waals surface area contributed by atoms with Crippen LogP contribution in [0.5, 0.6) is 0 Å². The van der Waals surface area contributed by atoms with Gasteiger partial charge in [0, 0.05) is 26.2 Å². The molecule has 5 heteroatoms. The fourth-order valence-corrected chi connectivity index (χ4v) is 1.71. The van der Waals surface area contributed by atoms with Gasteiger partial charge >= 0.3 is 0 Å². The number of nitrogens with zero attached hydrogens (tertiary/aromatic N) is 2. The van der Waals surface area contributed by atoms with Gasteiger partial charge in [-0.25, -0.2) is 0 Å². The number of hydrogen-bond donors (Lipinski definition) is 1. The molecule has 0 amide bonds. The summed E-state index contributed by atoms with van der Waals surface area (Å²) in [7, 11) is 0. The first-order valence-electron chi connectivity index (χ1n) is 5.51. The van der Waals surface area contributed by atoms with Gasteiger partial charge in [0.1, 0.15) is 5.82 Å². The molecule has 0 aliphatic carbocycles. The molecule has 4 nitrogen and oxygen atoms in total. The minimum atomic E-state index is 0.725. The fraction of sp³-hybridized carbons (Fsp3) is 0.800. The summed E-state index contributed by atoms with van der Waals surface area (Å²) in [5, 5.41) is 7.06. The topological polar surface area (TPSA) is 42.8 Å². The third kappa shape index (κ3) is 3.76. The van der Waals surface area contributed by atoms with Crippen molar-refractivity contribution in [3.05, 3.63) is 10.6 Å². The van der Waals surface area contributed by atoms with Crippen LogP contribution in [-0.2, 0) is 17.7 Å². The Morgan fingerprint density at radius 3 is 2.93 bits per heavy atom. The Balaban J connectivity index is 2.49. The Labute approximate surface area is 95.7 Å². The quantitative estimate of drug-likeness (QED) is 0.576. The van der Waals surface area contributed by atoms with Gasteiger partial charge in [-0.15, -0.1) is 0 Å². The van der Waals surface area contributed by atoms with Crippen molar-refractivity contribution in [2.75, 3.05) is 13.2 Å². The molecule has 1 N–H and O–H groups in total. The van der Waals surface area contributed by atoms with Crippen LogP contribution >= 0.6 is 12.2 Å². The van der Waals surface area contributed by atoms with Crippen LogP contribution in [0.1, 0.15) is 32.5 Å². The Bertz CT molecular complexity index is 332. The van der Waals surface area contributed by atoms with Crippen LogP contribution < -0.4 is 0 Å². The van der Waals surface area contributed by atoms with Gasteiger partial charge in [0.15, 0.2) is 4.77 Å². The molecule has 0 saturated carbocycles. The molecule has 0 fully saturated rings. The van der Waals surface area contributed by atoms with E-state index in [2.05, 4.69) is 21.7 Å². The largest absolute Gasteiger partial charge is 0.382 e. The lowest BCUT2D eigenvalue weighted by atomic mass is 10.3. The van der Waals surface area contributed by atoms with E-state index in [1.54, 1.807) is 0 Å². The van der Waals surface area contributed by atoms with E-state index < -0.39 is 0 Å². The molecule has 15 heavy (non-hydrogen) atoms. The van der Waals surface area contributed by atoms with Gasteiger partial charge in [0.2, 0.25) is 0 Å². The molecule has 1 heterocycles. The van der Waals surface area contributed by atoms with Crippen LogP contribution in [0.15, 0.2) is 0 Å². The Morgan fingerprint density at radius 2 is 2.27 bits per heavy atom. The molecule has 0 atom stereocenters. The van der Waals surface area contributed by atoms with Crippen molar-refractivity contribution in [3.8, 4) is 0 Å². The second-order valence-corrected chi connectivity index (χ2v) is 3.78. The summed E-state index contributed by atoms with van der Waals surface area (Å²) in [6, 6.07) is 0. The summed E-state index contributed by atoms with van der Waals surface area (Å²) in [6.07, 6.45) is 3.00. The number of aryl methyl sites for hydroxylation is 1. The molecule has 1 aromatic heterocycles.